The number of carbonyl (C=O) groups is 1. The molecule has 0 aliphatic heterocycles. The number of aryl methyl sites for hydroxylation is 2. The molecular weight excluding hydrogens is 248 g/mol. The van der Waals surface area contributed by atoms with E-state index >= 15 is 0 Å². The molecule has 3 heteroatoms. The molecule has 1 amide bonds. The van der Waals surface area contributed by atoms with Crippen LogP contribution in [0.2, 0.25) is 0 Å². The van der Waals surface area contributed by atoms with Gasteiger partial charge in [-0.15, -0.1) is 0 Å². The van der Waals surface area contributed by atoms with Gasteiger partial charge in [-0.1, -0.05) is 37.1 Å². The summed E-state index contributed by atoms with van der Waals surface area (Å²) >= 11 is 0. The Bertz CT molecular complexity index is 458. The second kappa shape index (κ2) is 6.89. The zero-order valence-electron chi connectivity index (χ0n) is 12.6. The van der Waals surface area contributed by atoms with Crippen molar-refractivity contribution < 1.29 is 4.79 Å². The molecule has 20 heavy (non-hydrogen) atoms. The number of hydrogen-bond donors (Lipinski definition) is 1. The average molecular weight is 274 g/mol. The molecule has 1 aliphatic carbocycles. The zero-order chi connectivity index (χ0) is 14.5. The van der Waals surface area contributed by atoms with E-state index in [4.69, 9.17) is 5.73 Å². The Morgan fingerprint density at radius 2 is 2.00 bits per heavy atom. The highest BCUT2D eigenvalue weighted by Crippen LogP contribution is 2.22. The van der Waals surface area contributed by atoms with E-state index in [0.717, 1.165) is 19.3 Å². The van der Waals surface area contributed by atoms with E-state index in [1.54, 1.807) is 0 Å². The molecule has 3 nitrogen and oxygen atoms in total. The third-order valence-corrected chi connectivity index (χ3v) is 4.54. The van der Waals surface area contributed by atoms with Gasteiger partial charge in [0.2, 0.25) is 5.91 Å². The lowest BCUT2D eigenvalue weighted by molar-refractivity contribution is -0.132. The second-order valence-electron chi connectivity index (χ2n) is 5.95. The Hall–Kier alpha value is -1.35. The monoisotopic (exact) mass is 274 g/mol. The standard InChI is InChI=1S/C17H26N2O/c1-13-7-3-4-8-14(13)11-12-17(20)19(2)16-10-6-5-9-15(16)18/h3-4,7-8,15-16H,5-6,9-12,18H2,1-2H3. The minimum Gasteiger partial charge on any atom is -0.341 e. The van der Waals surface area contributed by atoms with Crippen LogP contribution < -0.4 is 5.73 Å². The number of nitrogens with zero attached hydrogens (tertiary/aromatic N) is 1. The summed E-state index contributed by atoms with van der Waals surface area (Å²) in [5.74, 6) is 0.218. The number of nitrogens with two attached hydrogens (primary N) is 1. The molecule has 2 unspecified atom stereocenters. The van der Waals surface area contributed by atoms with Crippen molar-refractivity contribution in [3.05, 3.63) is 35.4 Å². The van der Waals surface area contributed by atoms with E-state index in [-0.39, 0.29) is 18.0 Å². The van der Waals surface area contributed by atoms with Crippen molar-refractivity contribution >= 4 is 5.91 Å². The summed E-state index contributed by atoms with van der Waals surface area (Å²) in [5.41, 5.74) is 8.68. The Kier molecular flexibility index (Phi) is 5.18. The molecule has 0 radical (unpaired) electrons. The molecule has 2 atom stereocenters. The van der Waals surface area contributed by atoms with Crippen LogP contribution in [0.1, 0.15) is 43.2 Å². The fourth-order valence-corrected chi connectivity index (χ4v) is 3.11. The van der Waals surface area contributed by atoms with Gasteiger partial charge in [-0.25, -0.2) is 0 Å². The molecule has 0 saturated heterocycles. The third kappa shape index (κ3) is 3.60. The number of rotatable bonds is 4. The second-order valence-corrected chi connectivity index (χ2v) is 5.95. The summed E-state index contributed by atoms with van der Waals surface area (Å²) in [6, 6.07) is 8.65. The van der Waals surface area contributed by atoms with Gasteiger partial charge in [0, 0.05) is 25.6 Å². The van der Waals surface area contributed by atoms with Gasteiger partial charge in [-0.05, 0) is 37.3 Å². The Labute approximate surface area is 122 Å². The van der Waals surface area contributed by atoms with Crippen LogP contribution in [0, 0.1) is 6.92 Å². The lowest BCUT2D eigenvalue weighted by Gasteiger charge is -2.36. The fourth-order valence-electron chi connectivity index (χ4n) is 3.11. The van der Waals surface area contributed by atoms with Crippen molar-refractivity contribution in [2.45, 2.75) is 57.5 Å². The van der Waals surface area contributed by atoms with Crippen LogP contribution in [0.5, 0.6) is 0 Å². The molecule has 1 aromatic carbocycles. The maximum absolute atomic E-state index is 12.3. The van der Waals surface area contributed by atoms with Gasteiger partial charge >= 0.3 is 0 Å². The largest absolute Gasteiger partial charge is 0.341 e. The van der Waals surface area contributed by atoms with Crippen molar-refractivity contribution in [3.8, 4) is 0 Å². The normalized spacial score (nSPS) is 22.6. The average Bonchev–Trinajstić information content (AvgIpc) is 2.46. The van der Waals surface area contributed by atoms with Crippen molar-refractivity contribution in [2.75, 3.05) is 7.05 Å². The van der Waals surface area contributed by atoms with Crippen LogP contribution in [0.4, 0.5) is 0 Å². The highest BCUT2D eigenvalue weighted by Gasteiger charge is 2.27. The van der Waals surface area contributed by atoms with Crippen LogP contribution in [-0.2, 0) is 11.2 Å². The molecule has 1 saturated carbocycles. The van der Waals surface area contributed by atoms with Crippen LogP contribution >= 0.6 is 0 Å². The molecule has 0 aromatic heterocycles. The van der Waals surface area contributed by atoms with Crippen LogP contribution in [0.15, 0.2) is 24.3 Å². The summed E-state index contributed by atoms with van der Waals surface area (Å²) in [5, 5.41) is 0. The highest BCUT2D eigenvalue weighted by atomic mass is 16.2. The van der Waals surface area contributed by atoms with E-state index in [1.807, 2.05) is 24.1 Å². The Balaban J connectivity index is 1.89. The first-order valence-electron chi connectivity index (χ1n) is 7.65. The number of hydrogen-bond acceptors (Lipinski definition) is 2. The first-order valence-corrected chi connectivity index (χ1v) is 7.65. The molecule has 110 valence electrons. The lowest BCUT2D eigenvalue weighted by atomic mass is 9.90. The van der Waals surface area contributed by atoms with Gasteiger partial charge in [0.15, 0.2) is 0 Å². The molecule has 0 spiro atoms. The van der Waals surface area contributed by atoms with Gasteiger partial charge < -0.3 is 10.6 Å². The van der Waals surface area contributed by atoms with E-state index in [0.29, 0.717) is 6.42 Å². The maximum Gasteiger partial charge on any atom is 0.222 e. The minimum atomic E-state index is 0.149. The number of carbonyl (C=O) groups excluding carboxylic acids is 1. The maximum atomic E-state index is 12.3. The van der Waals surface area contributed by atoms with Crippen molar-refractivity contribution in [2.24, 2.45) is 5.73 Å². The topological polar surface area (TPSA) is 46.3 Å². The fraction of sp³-hybridized carbons (Fsp3) is 0.588. The molecule has 0 heterocycles. The molecule has 1 fully saturated rings. The van der Waals surface area contributed by atoms with E-state index in [1.165, 1.54) is 24.0 Å². The zero-order valence-corrected chi connectivity index (χ0v) is 12.6. The molecule has 1 aliphatic rings. The number of amides is 1. The molecule has 2 rings (SSSR count). The van der Waals surface area contributed by atoms with Gasteiger partial charge in [0.05, 0.1) is 0 Å². The van der Waals surface area contributed by atoms with Gasteiger partial charge in [-0.2, -0.15) is 0 Å². The molecule has 2 N–H and O–H groups in total. The number of benzene rings is 1. The van der Waals surface area contributed by atoms with Gasteiger partial charge in [-0.3, -0.25) is 4.79 Å². The highest BCUT2D eigenvalue weighted by molar-refractivity contribution is 5.76. The smallest absolute Gasteiger partial charge is 0.222 e. The van der Waals surface area contributed by atoms with E-state index in [9.17, 15) is 4.79 Å². The lowest BCUT2D eigenvalue weighted by Crippen LogP contribution is -2.50. The van der Waals surface area contributed by atoms with E-state index in [2.05, 4.69) is 19.1 Å². The summed E-state index contributed by atoms with van der Waals surface area (Å²) in [4.78, 5) is 14.2. The Morgan fingerprint density at radius 3 is 2.70 bits per heavy atom. The summed E-state index contributed by atoms with van der Waals surface area (Å²) in [7, 11) is 1.91. The quantitative estimate of drug-likeness (QED) is 0.917. The van der Waals surface area contributed by atoms with E-state index < -0.39 is 0 Å². The summed E-state index contributed by atoms with van der Waals surface area (Å²) < 4.78 is 0. The summed E-state index contributed by atoms with van der Waals surface area (Å²) in [6.45, 7) is 2.10. The summed E-state index contributed by atoms with van der Waals surface area (Å²) in [6.07, 6.45) is 5.87. The first-order chi connectivity index (χ1) is 9.59. The predicted octanol–water partition coefficient (Wildman–Crippen LogP) is 2.66. The SMILES string of the molecule is Cc1ccccc1CCC(=O)N(C)C1CCCCC1N. The van der Waals surface area contributed by atoms with Gasteiger partial charge in [0.25, 0.3) is 0 Å². The molecular formula is C17H26N2O. The van der Waals surface area contributed by atoms with Crippen LogP contribution in [0.3, 0.4) is 0 Å². The third-order valence-electron chi connectivity index (χ3n) is 4.54. The Morgan fingerprint density at radius 1 is 1.30 bits per heavy atom. The first kappa shape index (κ1) is 15.0. The van der Waals surface area contributed by atoms with Crippen molar-refractivity contribution in [3.63, 3.8) is 0 Å². The van der Waals surface area contributed by atoms with Crippen LogP contribution in [-0.4, -0.2) is 29.9 Å². The van der Waals surface area contributed by atoms with Crippen molar-refractivity contribution in [1.82, 2.24) is 4.90 Å². The molecule has 0 bridgehead atoms. The molecule has 1 aromatic rings. The van der Waals surface area contributed by atoms with Crippen molar-refractivity contribution in [1.29, 1.82) is 0 Å². The van der Waals surface area contributed by atoms with Gasteiger partial charge in [0.1, 0.15) is 0 Å². The number of likely N-dealkylation sites (N-methyl/N-ethyl adjacent to an activating group) is 1. The predicted molar refractivity (Wildman–Crippen MR) is 82.5 cm³/mol. The van der Waals surface area contributed by atoms with Crippen LogP contribution in [0.25, 0.3) is 0 Å². The minimum absolute atomic E-state index is 0.149.